The standard InChI is InChI=1S/C23H19N5O2/c29-22-19(20(23(30)26-22)17-12-25-18-6-1-2-10-28(17)18)16-13-27-11-9-24-8-7-14-4-3-5-15(16)21(14)27/h1-6,10,12-13,24H,7-9,11H2,(H,26,29,30). The molecule has 2 aliphatic heterocycles. The van der Waals surface area contributed by atoms with Crippen molar-refractivity contribution in [1.29, 1.82) is 0 Å². The molecule has 30 heavy (non-hydrogen) atoms. The maximum atomic E-state index is 13.0. The fraction of sp³-hybridized carbons (Fsp3) is 0.174. The molecule has 0 unspecified atom stereocenters. The molecule has 2 amide bonds. The Balaban J connectivity index is 1.67. The number of amides is 2. The average Bonchev–Trinajstić information content (AvgIpc) is 3.39. The third kappa shape index (κ3) is 2.39. The number of hydrogen-bond acceptors (Lipinski definition) is 4. The molecule has 3 aromatic heterocycles. The number of aromatic nitrogens is 3. The molecule has 4 aromatic rings. The van der Waals surface area contributed by atoms with E-state index in [0.29, 0.717) is 16.8 Å². The molecule has 0 spiro atoms. The molecule has 7 heteroatoms. The van der Waals surface area contributed by atoms with E-state index in [2.05, 4.69) is 26.3 Å². The number of imide groups is 1. The molecular formula is C23H19N5O2. The van der Waals surface area contributed by atoms with E-state index in [-0.39, 0.29) is 11.8 Å². The number of hydrogen-bond donors (Lipinski definition) is 2. The lowest BCUT2D eigenvalue weighted by atomic mass is 9.97. The van der Waals surface area contributed by atoms with Gasteiger partial charge >= 0.3 is 0 Å². The van der Waals surface area contributed by atoms with Gasteiger partial charge in [-0.05, 0) is 30.7 Å². The lowest BCUT2D eigenvalue weighted by Crippen LogP contribution is -2.24. The summed E-state index contributed by atoms with van der Waals surface area (Å²) >= 11 is 0. The number of benzene rings is 1. The van der Waals surface area contributed by atoms with Crippen LogP contribution < -0.4 is 10.6 Å². The van der Waals surface area contributed by atoms with Gasteiger partial charge in [0.1, 0.15) is 5.65 Å². The third-order valence-corrected chi connectivity index (χ3v) is 5.96. The Labute approximate surface area is 172 Å². The van der Waals surface area contributed by atoms with Crippen LogP contribution in [0.25, 0.3) is 27.7 Å². The van der Waals surface area contributed by atoms with Crippen molar-refractivity contribution < 1.29 is 9.59 Å². The van der Waals surface area contributed by atoms with Gasteiger partial charge in [-0.15, -0.1) is 0 Å². The van der Waals surface area contributed by atoms with Gasteiger partial charge in [-0.3, -0.25) is 19.3 Å². The summed E-state index contributed by atoms with van der Waals surface area (Å²) in [5.41, 5.74) is 5.31. The summed E-state index contributed by atoms with van der Waals surface area (Å²) in [6.45, 7) is 2.59. The van der Waals surface area contributed by atoms with Gasteiger partial charge in [0.05, 0.1) is 28.6 Å². The van der Waals surface area contributed by atoms with Gasteiger partial charge in [-0.25, -0.2) is 4.98 Å². The van der Waals surface area contributed by atoms with Gasteiger partial charge in [0, 0.05) is 36.4 Å². The van der Waals surface area contributed by atoms with E-state index >= 15 is 0 Å². The predicted octanol–water partition coefficient (Wildman–Crippen LogP) is 2.00. The largest absolute Gasteiger partial charge is 0.345 e. The fourth-order valence-corrected chi connectivity index (χ4v) is 4.64. The van der Waals surface area contributed by atoms with Gasteiger partial charge < -0.3 is 9.88 Å². The first-order chi connectivity index (χ1) is 14.7. The van der Waals surface area contributed by atoms with Crippen molar-refractivity contribution >= 4 is 39.5 Å². The van der Waals surface area contributed by atoms with Crippen molar-refractivity contribution in [2.24, 2.45) is 0 Å². The SMILES string of the molecule is O=C1NC(=O)C(c2cnc3ccccn23)=C1c1cn2c3c(cccc13)CCNCC2. The molecule has 7 nitrogen and oxygen atoms in total. The molecule has 0 fully saturated rings. The fourth-order valence-electron chi connectivity index (χ4n) is 4.64. The second-order valence-corrected chi connectivity index (χ2v) is 7.65. The minimum absolute atomic E-state index is 0.363. The lowest BCUT2D eigenvalue weighted by Gasteiger charge is -2.14. The van der Waals surface area contributed by atoms with Crippen molar-refractivity contribution in [2.45, 2.75) is 13.0 Å². The number of nitrogens with zero attached hydrogens (tertiary/aromatic N) is 3. The van der Waals surface area contributed by atoms with Gasteiger partial charge in [0.15, 0.2) is 0 Å². The number of nitrogens with one attached hydrogen (secondary N) is 2. The smallest absolute Gasteiger partial charge is 0.261 e. The highest BCUT2D eigenvalue weighted by Crippen LogP contribution is 2.37. The van der Waals surface area contributed by atoms with E-state index in [1.165, 1.54) is 5.56 Å². The van der Waals surface area contributed by atoms with E-state index < -0.39 is 0 Å². The number of pyridine rings is 1. The maximum Gasteiger partial charge on any atom is 0.261 e. The second kappa shape index (κ2) is 6.40. The molecule has 0 bridgehead atoms. The Morgan fingerprint density at radius 3 is 2.80 bits per heavy atom. The normalized spacial score (nSPS) is 16.9. The Kier molecular flexibility index (Phi) is 3.66. The first kappa shape index (κ1) is 17.2. The van der Waals surface area contributed by atoms with Crippen molar-refractivity contribution in [1.82, 2.24) is 24.6 Å². The number of imidazole rings is 1. The number of rotatable bonds is 2. The Hall–Kier alpha value is -3.71. The summed E-state index contributed by atoms with van der Waals surface area (Å²) in [6.07, 6.45) is 6.45. The van der Waals surface area contributed by atoms with Crippen LogP contribution in [0.15, 0.2) is 55.0 Å². The van der Waals surface area contributed by atoms with Gasteiger partial charge in [-0.2, -0.15) is 0 Å². The Morgan fingerprint density at radius 1 is 0.967 bits per heavy atom. The summed E-state index contributed by atoms with van der Waals surface area (Å²) < 4.78 is 4.04. The highest BCUT2D eigenvalue weighted by Gasteiger charge is 2.35. The number of fused-ring (bicyclic) bond motifs is 1. The van der Waals surface area contributed by atoms with E-state index in [9.17, 15) is 9.59 Å². The van der Waals surface area contributed by atoms with Crippen LogP contribution in [0.4, 0.5) is 0 Å². The van der Waals surface area contributed by atoms with E-state index in [4.69, 9.17) is 0 Å². The van der Waals surface area contributed by atoms with Crippen molar-refractivity contribution in [3.8, 4) is 0 Å². The molecule has 0 radical (unpaired) electrons. The summed E-state index contributed by atoms with van der Waals surface area (Å²) in [5.74, 6) is -0.748. The van der Waals surface area contributed by atoms with E-state index in [0.717, 1.165) is 48.2 Å². The molecule has 6 rings (SSSR count). The number of carbonyl (C=O) groups excluding carboxylic acids is 2. The third-order valence-electron chi connectivity index (χ3n) is 5.96. The van der Waals surface area contributed by atoms with Crippen LogP contribution in [-0.4, -0.2) is 38.9 Å². The topological polar surface area (TPSA) is 80.4 Å². The van der Waals surface area contributed by atoms with E-state index in [1.54, 1.807) is 6.20 Å². The van der Waals surface area contributed by atoms with Crippen molar-refractivity contribution in [3.05, 3.63) is 71.8 Å². The minimum Gasteiger partial charge on any atom is -0.345 e. The van der Waals surface area contributed by atoms with Crippen molar-refractivity contribution in [3.63, 3.8) is 0 Å². The molecule has 1 aromatic carbocycles. The van der Waals surface area contributed by atoms with E-state index in [1.807, 2.05) is 47.1 Å². The van der Waals surface area contributed by atoms with Crippen LogP contribution >= 0.6 is 0 Å². The molecule has 2 N–H and O–H groups in total. The summed E-state index contributed by atoms with van der Waals surface area (Å²) in [6, 6.07) is 11.8. The van der Waals surface area contributed by atoms with Crippen LogP contribution in [0.2, 0.25) is 0 Å². The molecule has 148 valence electrons. The monoisotopic (exact) mass is 397 g/mol. The van der Waals surface area contributed by atoms with Crippen LogP contribution in [-0.2, 0) is 22.6 Å². The molecule has 2 aliphatic rings. The van der Waals surface area contributed by atoms with Crippen LogP contribution in [0.5, 0.6) is 0 Å². The molecule has 5 heterocycles. The molecule has 0 atom stereocenters. The predicted molar refractivity (Wildman–Crippen MR) is 114 cm³/mol. The average molecular weight is 397 g/mol. The highest BCUT2D eigenvalue weighted by atomic mass is 16.2. The van der Waals surface area contributed by atoms with Gasteiger partial charge in [0.25, 0.3) is 11.8 Å². The first-order valence-corrected chi connectivity index (χ1v) is 10.1. The zero-order chi connectivity index (χ0) is 20.2. The summed E-state index contributed by atoms with van der Waals surface area (Å²) in [7, 11) is 0. The van der Waals surface area contributed by atoms with Crippen LogP contribution in [0, 0.1) is 0 Å². The maximum absolute atomic E-state index is 13.0. The van der Waals surface area contributed by atoms with Gasteiger partial charge in [0.2, 0.25) is 0 Å². The Bertz CT molecular complexity index is 1390. The zero-order valence-electron chi connectivity index (χ0n) is 16.2. The molecular weight excluding hydrogens is 378 g/mol. The summed E-state index contributed by atoms with van der Waals surface area (Å²) in [4.78, 5) is 30.2. The molecule has 0 aliphatic carbocycles. The molecule has 0 saturated heterocycles. The van der Waals surface area contributed by atoms with Gasteiger partial charge in [-0.1, -0.05) is 24.3 Å². The highest BCUT2D eigenvalue weighted by molar-refractivity contribution is 6.49. The number of carbonyl (C=O) groups is 2. The van der Waals surface area contributed by atoms with Crippen LogP contribution in [0.3, 0.4) is 0 Å². The van der Waals surface area contributed by atoms with Crippen molar-refractivity contribution in [2.75, 3.05) is 13.1 Å². The minimum atomic E-state index is -0.385. The molecule has 0 saturated carbocycles. The quantitative estimate of drug-likeness (QED) is 0.507. The Morgan fingerprint density at radius 2 is 1.87 bits per heavy atom. The number of para-hydroxylation sites is 1. The lowest BCUT2D eigenvalue weighted by molar-refractivity contribution is -0.122. The summed E-state index contributed by atoms with van der Waals surface area (Å²) in [5, 5.41) is 6.94. The zero-order valence-corrected chi connectivity index (χ0v) is 16.2. The van der Waals surface area contributed by atoms with Crippen LogP contribution in [0.1, 0.15) is 16.8 Å². The second-order valence-electron chi connectivity index (χ2n) is 7.65. The first-order valence-electron chi connectivity index (χ1n) is 10.1.